The first-order chi connectivity index (χ1) is 6.56. The van der Waals surface area contributed by atoms with E-state index in [-0.39, 0.29) is 6.61 Å². The highest BCUT2D eigenvalue weighted by Gasteiger charge is 2.12. The van der Waals surface area contributed by atoms with Crippen molar-refractivity contribution in [2.75, 3.05) is 6.61 Å². The van der Waals surface area contributed by atoms with Gasteiger partial charge in [0.1, 0.15) is 0 Å². The molecule has 78 valence electrons. The van der Waals surface area contributed by atoms with Crippen LogP contribution >= 0.6 is 0 Å². The molecule has 0 spiro atoms. The first-order valence-corrected chi connectivity index (χ1v) is 4.17. The first-order valence-electron chi connectivity index (χ1n) is 4.17. The summed E-state index contributed by atoms with van der Waals surface area (Å²) in [5.41, 5.74) is 6.09. The van der Waals surface area contributed by atoms with E-state index in [9.17, 15) is 0 Å². The number of hydrogen-bond acceptors (Lipinski definition) is 5. The molecule has 0 amide bonds. The minimum absolute atomic E-state index is 0.0798. The standard InChI is InChI=1S/C9H13NO4/c10-6(1-2-11)5-3-7(12)9(14)8(13)4-5/h3-4,6,11-14H,1-2,10H2. The van der Waals surface area contributed by atoms with Gasteiger partial charge >= 0.3 is 0 Å². The lowest BCUT2D eigenvalue weighted by atomic mass is 10.0. The molecule has 1 aromatic rings. The van der Waals surface area contributed by atoms with Gasteiger partial charge in [0.2, 0.25) is 0 Å². The maximum absolute atomic E-state index is 9.17. The Hall–Kier alpha value is -1.46. The molecule has 0 saturated heterocycles. The summed E-state index contributed by atoms with van der Waals surface area (Å²) in [5, 5.41) is 36.0. The molecule has 1 atom stereocenters. The number of aliphatic hydroxyl groups is 1. The summed E-state index contributed by atoms with van der Waals surface area (Å²) in [4.78, 5) is 0. The van der Waals surface area contributed by atoms with Gasteiger partial charge in [-0.2, -0.15) is 0 Å². The molecule has 6 N–H and O–H groups in total. The van der Waals surface area contributed by atoms with Crippen molar-refractivity contribution in [1.29, 1.82) is 0 Å². The Balaban J connectivity index is 3.00. The molecule has 0 radical (unpaired) electrons. The van der Waals surface area contributed by atoms with Crippen LogP contribution in [0, 0.1) is 0 Å². The number of rotatable bonds is 3. The van der Waals surface area contributed by atoms with E-state index in [0.29, 0.717) is 12.0 Å². The number of hydrogen-bond donors (Lipinski definition) is 5. The van der Waals surface area contributed by atoms with E-state index < -0.39 is 23.3 Å². The zero-order chi connectivity index (χ0) is 10.7. The second-order valence-corrected chi connectivity index (χ2v) is 3.03. The largest absolute Gasteiger partial charge is 0.504 e. The van der Waals surface area contributed by atoms with Crippen LogP contribution in [0.4, 0.5) is 0 Å². The van der Waals surface area contributed by atoms with Crippen LogP contribution in [0.3, 0.4) is 0 Å². The fourth-order valence-corrected chi connectivity index (χ4v) is 1.15. The molecule has 14 heavy (non-hydrogen) atoms. The smallest absolute Gasteiger partial charge is 0.200 e. The average molecular weight is 199 g/mol. The van der Waals surface area contributed by atoms with Gasteiger partial charge in [-0.1, -0.05) is 0 Å². The quantitative estimate of drug-likeness (QED) is 0.446. The molecule has 1 unspecified atom stereocenters. The van der Waals surface area contributed by atoms with Crippen molar-refractivity contribution in [3.8, 4) is 17.2 Å². The molecule has 1 rings (SSSR count). The highest BCUT2D eigenvalue weighted by Crippen LogP contribution is 2.37. The summed E-state index contributed by atoms with van der Waals surface area (Å²) in [7, 11) is 0. The highest BCUT2D eigenvalue weighted by molar-refractivity contribution is 5.51. The minimum Gasteiger partial charge on any atom is -0.504 e. The molecule has 0 aliphatic rings. The summed E-state index contributed by atoms with van der Waals surface area (Å²) in [6, 6.07) is 2.04. The van der Waals surface area contributed by atoms with Crippen molar-refractivity contribution >= 4 is 0 Å². The normalized spacial score (nSPS) is 12.7. The van der Waals surface area contributed by atoms with Crippen LogP contribution in [0.5, 0.6) is 17.2 Å². The molecule has 5 nitrogen and oxygen atoms in total. The van der Waals surface area contributed by atoms with E-state index >= 15 is 0 Å². The fraction of sp³-hybridized carbons (Fsp3) is 0.333. The number of aromatic hydroxyl groups is 3. The van der Waals surface area contributed by atoms with Crippen LogP contribution in [0.25, 0.3) is 0 Å². The third-order valence-electron chi connectivity index (χ3n) is 1.96. The van der Waals surface area contributed by atoms with Crippen LogP contribution in [0.2, 0.25) is 0 Å². The van der Waals surface area contributed by atoms with E-state index in [1.165, 1.54) is 12.1 Å². The van der Waals surface area contributed by atoms with Gasteiger partial charge in [0, 0.05) is 12.6 Å². The maximum Gasteiger partial charge on any atom is 0.200 e. The van der Waals surface area contributed by atoms with Crippen LogP contribution < -0.4 is 5.73 Å². The Kier molecular flexibility index (Phi) is 3.16. The zero-order valence-corrected chi connectivity index (χ0v) is 7.51. The van der Waals surface area contributed by atoms with E-state index in [0.717, 1.165) is 0 Å². The van der Waals surface area contributed by atoms with Gasteiger partial charge in [-0.3, -0.25) is 0 Å². The van der Waals surface area contributed by atoms with E-state index in [1.807, 2.05) is 0 Å². The summed E-state index contributed by atoms with van der Waals surface area (Å²) >= 11 is 0. The minimum atomic E-state index is -0.565. The lowest BCUT2D eigenvalue weighted by Gasteiger charge is -2.11. The van der Waals surface area contributed by atoms with Crippen LogP contribution in [0.1, 0.15) is 18.0 Å². The van der Waals surface area contributed by atoms with Crippen molar-refractivity contribution in [2.45, 2.75) is 12.5 Å². The fourth-order valence-electron chi connectivity index (χ4n) is 1.15. The molecule has 0 aliphatic carbocycles. The number of phenolic OH excluding ortho intramolecular Hbond substituents is 3. The van der Waals surface area contributed by atoms with Gasteiger partial charge in [0.25, 0.3) is 0 Å². The summed E-state index contributed by atoms with van der Waals surface area (Å²) in [6.07, 6.45) is 0.323. The Morgan fingerprint density at radius 1 is 1.14 bits per heavy atom. The zero-order valence-electron chi connectivity index (χ0n) is 7.51. The number of phenols is 3. The molecule has 0 bridgehead atoms. The molecular formula is C9H13NO4. The molecule has 5 heteroatoms. The van der Waals surface area contributed by atoms with E-state index in [1.54, 1.807) is 0 Å². The first kappa shape index (κ1) is 10.6. The van der Waals surface area contributed by atoms with Crippen molar-refractivity contribution in [2.24, 2.45) is 5.73 Å². The van der Waals surface area contributed by atoms with Gasteiger partial charge in [-0.15, -0.1) is 0 Å². The van der Waals surface area contributed by atoms with Crippen LogP contribution in [-0.4, -0.2) is 27.0 Å². The Morgan fingerprint density at radius 3 is 2.07 bits per heavy atom. The molecule has 1 aromatic carbocycles. The molecule has 0 heterocycles. The maximum atomic E-state index is 9.17. The van der Waals surface area contributed by atoms with Gasteiger partial charge in [0.05, 0.1) is 0 Å². The second kappa shape index (κ2) is 4.17. The summed E-state index contributed by atoms with van der Waals surface area (Å²) in [5.74, 6) is -1.41. The van der Waals surface area contributed by atoms with Crippen molar-refractivity contribution in [1.82, 2.24) is 0 Å². The predicted molar refractivity (Wildman–Crippen MR) is 50.1 cm³/mol. The summed E-state index contributed by atoms with van der Waals surface area (Å²) < 4.78 is 0. The number of aliphatic hydroxyl groups excluding tert-OH is 1. The van der Waals surface area contributed by atoms with Gasteiger partial charge in [-0.25, -0.2) is 0 Å². The van der Waals surface area contributed by atoms with Crippen molar-refractivity contribution in [3.63, 3.8) is 0 Å². The van der Waals surface area contributed by atoms with Crippen LogP contribution in [-0.2, 0) is 0 Å². The molecule has 0 aliphatic heterocycles. The molecule has 0 saturated carbocycles. The molecular weight excluding hydrogens is 186 g/mol. The highest BCUT2D eigenvalue weighted by atomic mass is 16.3. The molecule has 0 fully saturated rings. The Morgan fingerprint density at radius 2 is 1.64 bits per heavy atom. The van der Waals surface area contributed by atoms with Crippen molar-refractivity contribution < 1.29 is 20.4 Å². The third-order valence-corrected chi connectivity index (χ3v) is 1.96. The van der Waals surface area contributed by atoms with Gasteiger partial charge in [0.15, 0.2) is 17.2 Å². The number of nitrogens with two attached hydrogens (primary N) is 1. The Bertz CT molecular complexity index is 304. The van der Waals surface area contributed by atoms with E-state index in [4.69, 9.17) is 26.2 Å². The summed E-state index contributed by atoms with van der Waals surface area (Å²) in [6.45, 7) is -0.0798. The average Bonchev–Trinajstić information content (AvgIpc) is 2.13. The van der Waals surface area contributed by atoms with Crippen LogP contribution in [0.15, 0.2) is 12.1 Å². The monoisotopic (exact) mass is 199 g/mol. The SMILES string of the molecule is NC(CCO)c1cc(O)c(O)c(O)c1. The lowest BCUT2D eigenvalue weighted by molar-refractivity contribution is 0.276. The second-order valence-electron chi connectivity index (χ2n) is 3.03. The third kappa shape index (κ3) is 2.07. The lowest BCUT2D eigenvalue weighted by Crippen LogP contribution is -2.11. The van der Waals surface area contributed by atoms with Crippen molar-refractivity contribution in [3.05, 3.63) is 17.7 Å². The van der Waals surface area contributed by atoms with Gasteiger partial charge < -0.3 is 26.2 Å². The Labute approximate surface area is 81.0 Å². The predicted octanol–water partition coefficient (Wildman–Crippen LogP) is 0.186. The topological polar surface area (TPSA) is 107 Å². The van der Waals surface area contributed by atoms with Gasteiger partial charge in [-0.05, 0) is 24.1 Å². The van der Waals surface area contributed by atoms with E-state index in [2.05, 4.69) is 0 Å². The molecule has 0 aromatic heterocycles. The number of benzene rings is 1.